The molecule has 14 heavy (non-hydrogen) atoms. The summed E-state index contributed by atoms with van der Waals surface area (Å²) < 4.78 is 5.51. The van der Waals surface area contributed by atoms with Crippen LogP contribution < -0.4 is 0 Å². The highest BCUT2D eigenvalue weighted by atomic mass is 16.5. The average molecular weight is 198 g/mol. The largest absolute Gasteiger partial charge is 0.368 e. The molecule has 0 aromatic heterocycles. The highest BCUT2D eigenvalue weighted by Gasteiger charge is 2.36. The monoisotopic (exact) mass is 198 g/mol. The van der Waals surface area contributed by atoms with E-state index in [1.165, 1.54) is 0 Å². The minimum Gasteiger partial charge on any atom is -0.368 e. The van der Waals surface area contributed by atoms with Crippen LogP contribution in [-0.4, -0.2) is 18.0 Å². The second-order valence-electron chi connectivity index (χ2n) is 4.89. The summed E-state index contributed by atoms with van der Waals surface area (Å²) in [5, 5.41) is 0. The third kappa shape index (κ3) is 3.09. The predicted molar refractivity (Wildman–Crippen MR) is 57.3 cm³/mol. The van der Waals surface area contributed by atoms with Gasteiger partial charge >= 0.3 is 0 Å². The van der Waals surface area contributed by atoms with E-state index < -0.39 is 5.60 Å². The molecule has 1 rings (SSSR count). The van der Waals surface area contributed by atoms with Crippen molar-refractivity contribution >= 4 is 5.78 Å². The number of rotatable bonds is 5. The second kappa shape index (κ2) is 4.92. The fraction of sp³-hybridized carbons (Fsp3) is 0.917. The fourth-order valence-corrected chi connectivity index (χ4v) is 1.93. The van der Waals surface area contributed by atoms with Crippen molar-refractivity contribution in [1.29, 1.82) is 0 Å². The van der Waals surface area contributed by atoms with Crippen LogP contribution in [0.25, 0.3) is 0 Å². The van der Waals surface area contributed by atoms with Gasteiger partial charge < -0.3 is 4.74 Å². The number of carbonyl (C=O) groups is 1. The molecule has 1 fully saturated rings. The summed E-state index contributed by atoms with van der Waals surface area (Å²) in [7, 11) is 0. The Morgan fingerprint density at radius 3 is 2.71 bits per heavy atom. The normalized spacial score (nSPS) is 27.1. The third-order valence-electron chi connectivity index (χ3n) is 2.99. The number of carbonyl (C=O) groups excluding carboxylic acids is 1. The summed E-state index contributed by atoms with van der Waals surface area (Å²) in [5.74, 6) is 0.996. The SMILES string of the molecule is CC(C)CCCC(=O)C1(C)CCCO1. The Labute approximate surface area is 87.0 Å². The van der Waals surface area contributed by atoms with Crippen molar-refractivity contribution in [3.05, 3.63) is 0 Å². The Hall–Kier alpha value is -0.370. The molecule has 0 aliphatic carbocycles. The molecular weight excluding hydrogens is 176 g/mol. The summed E-state index contributed by atoms with van der Waals surface area (Å²) in [6.45, 7) is 7.08. The van der Waals surface area contributed by atoms with E-state index in [4.69, 9.17) is 4.74 Å². The topological polar surface area (TPSA) is 26.3 Å². The zero-order valence-corrected chi connectivity index (χ0v) is 9.64. The Morgan fingerprint density at radius 1 is 1.50 bits per heavy atom. The van der Waals surface area contributed by atoms with E-state index in [0.717, 1.165) is 32.3 Å². The van der Waals surface area contributed by atoms with Crippen molar-refractivity contribution in [1.82, 2.24) is 0 Å². The lowest BCUT2D eigenvalue weighted by molar-refractivity contribution is -0.137. The van der Waals surface area contributed by atoms with Gasteiger partial charge in [0, 0.05) is 13.0 Å². The highest BCUT2D eigenvalue weighted by molar-refractivity contribution is 5.87. The van der Waals surface area contributed by atoms with Crippen LogP contribution in [0.15, 0.2) is 0 Å². The lowest BCUT2D eigenvalue weighted by Crippen LogP contribution is -2.34. The Balaban J connectivity index is 2.27. The first kappa shape index (κ1) is 11.7. The van der Waals surface area contributed by atoms with Crippen molar-refractivity contribution in [2.45, 2.75) is 58.5 Å². The summed E-state index contributed by atoms with van der Waals surface area (Å²) in [4.78, 5) is 11.8. The quantitative estimate of drug-likeness (QED) is 0.679. The van der Waals surface area contributed by atoms with Crippen LogP contribution in [-0.2, 0) is 9.53 Å². The van der Waals surface area contributed by atoms with E-state index in [2.05, 4.69) is 13.8 Å². The molecule has 2 nitrogen and oxygen atoms in total. The standard InChI is InChI=1S/C12H22O2/c1-10(2)6-4-7-11(13)12(3)8-5-9-14-12/h10H,4-9H2,1-3H3. The minimum absolute atomic E-state index is 0.302. The van der Waals surface area contributed by atoms with Crippen LogP contribution >= 0.6 is 0 Å². The Bertz CT molecular complexity index is 190. The van der Waals surface area contributed by atoms with E-state index in [1.54, 1.807) is 0 Å². The van der Waals surface area contributed by atoms with Gasteiger partial charge in [-0.1, -0.05) is 20.3 Å². The molecule has 0 amide bonds. The van der Waals surface area contributed by atoms with Gasteiger partial charge in [-0.3, -0.25) is 4.79 Å². The number of ketones is 1. The van der Waals surface area contributed by atoms with E-state index >= 15 is 0 Å². The zero-order chi connectivity index (χ0) is 10.6. The maximum absolute atomic E-state index is 11.8. The number of ether oxygens (including phenoxy) is 1. The van der Waals surface area contributed by atoms with Gasteiger partial charge in [-0.25, -0.2) is 0 Å². The minimum atomic E-state index is -0.447. The molecule has 0 aromatic carbocycles. The molecule has 1 heterocycles. The first-order valence-corrected chi connectivity index (χ1v) is 5.72. The van der Waals surface area contributed by atoms with E-state index in [-0.39, 0.29) is 0 Å². The molecule has 82 valence electrons. The molecule has 0 saturated carbocycles. The van der Waals surface area contributed by atoms with Crippen LogP contribution in [0, 0.1) is 5.92 Å². The molecule has 1 saturated heterocycles. The molecule has 0 N–H and O–H groups in total. The summed E-state index contributed by atoms with van der Waals surface area (Å²) in [5.41, 5.74) is -0.447. The molecule has 1 aliphatic heterocycles. The first-order valence-electron chi connectivity index (χ1n) is 5.72. The van der Waals surface area contributed by atoms with Crippen LogP contribution in [0.2, 0.25) is 0 Å². The third-order valence-corrected chi connectivity index (χ3v) is 2.99. The van der Waals surface area contributed by atoms with E-state index in [9.17, 15) is 4.79 Å². The van der Waals surface area contributed by atoms with Gasteiger partial charge in [0.15, 0.2) is 5.78 Å². The predicted octanol–water partition coefficient (Wildman–Crippen LogP) is 2.95. The molecule has 0 aromatic rings. The van der Waals surface area contributed by atoms with Gasteiger partial charge in [0.05, 0.1) is 0 Å². The lowest BCUT2D eigenvalue weighted by Gasteiger charge is -2.21. The highest BCUT2D eigenvalue weighted by Crippen LogP contribution is 2.27. The molecule has 0 radical (unpaired) electrons. The molecular formula is C12H22O2. The number of Topliss-reactive ketones (excluding diaryl/α,β-unsaturated/α-hetero) is 1. The van der Waals surface area contributed by atoms with Crippen molar-refractivity contribution in [3.63, 3.8) is 0 Å². The summed E-state index contributed by atoms with van der Waals surface area (Å²) in [6.07, 6.45) is 4.78. The molecule has 1 atom stereocenters. The Morgan fingerprint density at radius 2 is 2.21 bits per heavy atom. The molecule has 1 unspecified atom stereocenters. The van der Waals surface area contributed by atoms with E-state index in [1.807, 2.05) is 6.92 Å². The maximum Gasteiger partial charge on any atom is 0.164 e. The molecule has 0 spiro atoms. The van der Waals surface area contributed by atoms with E-state index in [0.29, 0.717) is 18.1 Å². The molecule has 0 bridgehead atoms. The van der Waals surface area contributed by atoms with Crippen LogP contribution in [0.5, 0.6) is 0 Å². The van der Waals surface area contributed by atoms with Crippen molar-refractivity contribution in [2.24, 2.45) is 5.92 Å². The van der Waals surface area contributed by atoms with Gasteiger partial charge in [-0.05, 0) is 32.1 Å². The van der Waals surface area contributed by atoms with Crippen molar-refractivity contribution < 1.29 is 9.53 Å². The van der Waals surface area contributed by atoms with Gasteiger partial charge in [0.2, 0.25) is 0 Å². The number of hydrogen-bond donors (Lipinski definition) is 0. The van der Waals surface area contributed by atoms with Gasteiger partial charge in [0.25, 0.3) is 0 Å². The second-order valence-corrected chi connectivity index (χ2v) is 4.89. The Kier molecular flexibility index (Phi) is 4.11. The van der Waals surface area contributed by atoms with Gasteiger partial charge in [-0.2, -0.15) is 0 Å². The smallest absolute Gasteiger partial charge is 0.164 e. The molecule has 2 heteroatoms. The van der Waals surface area contributed by atoms with Crippen molar-refractivity contribution in [3.8, 4) is 0 Å². The zero-order valence-electron chi connectivity index (χ0n) is 9.64. The average Bonchev–Trinajstić information content (AvgIpc) is 2.52. The first-order chi connectivity index (χ1) is 6.54. The molecule has 1 aliphatic rings. The lowest BCUT2D eigenvalue weighted by atomic mass is 9.92. The fourth-order valence-electron chi connectivity index (χ4n) is 1.93. The summed E-state index contributed by atoms with van der Waals surface area (Å²) in [6, 6.07) is 0. The maximum atomic E-state index is 11.8. The van der Waals surface area contributed by atoms with Crippen LogP contribution in [0.1, 0.15) is 52.9 Å². The number of hydrogen-bond acceptors (Lipinski definition) is 2. The summed E-state index contributed by atoms with van der Waals surface area (Å²) >= 11 is 0. The van der Waals surface area contributed by atoms with Crippen molar-refractivity contribution in [2.75, 3.05) is 6.61 Å². The van der Waals surface area contributed by atoms with Crippen LogP contribution in [0.4, 0.5) is 0 Å². The van der Waals surface area contributed by atoms with Gasteiger partial charge in [-0.15, -0.1) is 0 Å². The van der Waals surface area contributed by atoms with Crippen LogP contribution in [0.3, 0.4) is 0 Å². The van der Waals surface area contributed by atoms with Gasteiger partial charge in [0.1, 0.15) is 5.60 Å².